The van der Waals surface area contributed by atoms with E-state index in [0.29, 0.717) is 24.2 Å². The fraction of sp³-hybridized carbons (Fsp3) is 0.773. The lowest BCUT2D eigenvalue weighted by atomic mass is 10.2. The van der Waals surface area contributed by atoms with Crippen molar-refractivity contribution in [1.82, 2.24) is 19.5 Å². The molecule has 11 heteroatoms. The molecular formula is C22H40FN5O3Si2. The highest BCUT2D eigenvalue weighted by Gasteiger charge is 2.46. The van der Waals surface area contributed by atoms with E-state index in [1.165, 1.54) is 0 Å². The van der Waals surface area contributed by atoms with Crippen molar-refractivity contribution in [1.29, 1.82) is 0 Å². The van der Waals surface area contributed by atoms with Crippen LogP contribution in [0, 0.1) is 6.08 Å². The number of hydrogen-bond donors (Lipinski definition) is 1. The predicted molar refractivity (Wildman–Crippen MR) is 133 cm³/mol. The van der Waals surface area contributed by atoms with Gasteiger partial charge in [-0.1, -0.05) is 41.5 Å². The summed E-state index contributed by atoms with van der Waals surface area (Å²) in [4.78, 5) is 11.8. The van der Waals surface area contributed by atoms with Crippen LogP contribution >= 0.6 is 0 Å². The first-order valence-corrected chi connectivity index (χ1v) is 17.4. The number of nitrogens with two attached hydrogens (primary N) is 1. The fourth-order valence-corrected chi connectivity index (χ4v) is 5.70. The summed E-state index contributed by atoms with van der Waals surface area (Å²) in [5.74, 6) is 0.0149. The molecule has 1 aliphatic rings. The zero-order valence-electron chi connectivity index (χ0n) is 21.7. The van der Waals surface area contributed by atoms with E-state index in [4.69, 9.17) is 19.3 Å². The van der Waals surface area contributed by atoms with Crippen LogP contribution in [0.1, 0.15) is 54.2 Å². The highest BCUT2D eigenvalue weighted by Crippen LogP contribution is 2.43. The van der Waals surface area contributed by atoms with Crippen molar-refractivity contribution in [2.75, 3.05) is 12.3 Å². The molecule has 0 aliphatic carbocycles. The predicted octanol–water partition coefficient (Wildman–Crippen LogP) is 5.25. The monoisotopic (exact) mass is 497 g/mol. The number of nitrogen functional groups attached to an aromatic ring is 1. The van der Waals surface area contributed by atoms with E-state index in [9.17, 15) is 4.39 Å². The number of ether oxygens (including phenoxy) is 1. The summed E-state index contributed by atoms with van der Waals surface area (Å²) in [7, 11) is -4.04. The van der Waals surface area contributed by atoms with Gasteiger partial charge in [-0.25, -0.2) is 4.98 Å². The molecule has 186 valence electrons. The molecule has 1 unspecified atom stereocenters. The Balaban J connectivity index is 1.90. The van der Waals surface area contributed by atoms with Crippen LogP contribution in [-0.4, -0.2) is 55.0 Å². The van der Waals surface area contributed by atoms with E-state index in [2.05, 4.69) is 82.7 Å². The maximum absolute atomic E-state index is 13.9. The Labute approximate surface area is 198 Å². The topological polar surface area (TPSA) is 97.3 Å². The third-order valence-corrected chi connectivity index (χ3v) is 16.6. The maximum Gasteiger partial charge on any atom is 0.312 e. The minimum Gasteiger partial charge on any atom is -0.414 e. The minimum atomic E-state index is -2.06. The van der Waals surface area contributed by atoms with Gasteiger partial charge < -0.3 is 19.3 Å². The average molecular weight is 498 g/mol. The normalized spacial score (nSPS) is 22.9. The number of nitrogens with zero attached hydrogens (tertiary/aromatic N) is 4. The van der Waals surface area contributed by atoms with Gasteiger partial charge in [0.25, 0.3) is 0 Å². The molecule has 0 spiro atoms. The van der Waals surface area contributed by atoms with Crippen molar-refractivity contribution < 1.29 is 18.0 Å². The molecule has 2 aromatic rings. The molecular weight excluding hydrogens is 457 g/mol. The van der Waals surface area contributed by atoms with Crippen LogP contribution in [0.4, 0.5) is 10.2 Å². The summed E-state index contributed by atoms with van der Waals surface area (Å²) in [6.45, 7) is 22.7. The van der Waals surface area contributed by atoms with Gasteiger partial charge in [0.05, 0.1) is 19.0 Å². The number of rotatable bonds is 6. The van der Waals surface area contributed by atoms with Crippen molar-refractivity contribution in [2.24, 2.45) is 0 Å². The van der Waals surface area contributed by atoms with Gasteiger partial charge in [-0.05, 0) is 36.3 Å². The fourth-order valence-electron chi connectivity index (χ4n) is 3.33. The van der Waals surface area contributed by atoms with Crippen LogP contribution in [-0.2, 0) is 13.6 Å². The van der Waals surface area contributed by atoms with Gasteiger partial charge in [-0.3, -0.25) is 4.57 Å². The van der Waals surface area contributed by atoms with Crippen LogP contribution in [0.15, 0.2) is 6.33 Å². The molecule has 1 fully saturated rings. The van der Waals surface area contributed by atoms with Crippen LogP contribution in [0.3, 0.4) is 0 Å². The number of anilines is 1. The second kappa shape index (κ2) is 8.67. The zero-order valence-corrected chi connectivity index (χ0v) is 23.7. The van der Waals surface area contributed by atoms with Crippen LogP contribution < -0.4 is 5.73 Å². The van der Waals surface area contributed by atoms with Gasteiger partial charge in [0.1, 0.15) is 12.3 Å². The Kier molecular flexibility index (Phi) is 6.88. The van der Waals surface area contributed by atoms with Gasteiger partial charge in [0.2, 0.25) is 0 Å². The molecule has 2 N–H and O–H groups in total. The zero-order chi connectivity index (χ0) is 25.0. The summed E-state index contributed by atoms with van der Waals surface area (Å²) in [6.07, 6.45) is 0.481. The lowest BCUT2D eigenvalue weighted by Gasteiger charge is -2.40. The lowest BCUT2D eigenvalue weighted by Crippen LogP contribution is -2.48. The SMILES string of the molecule is CC(C)(C)[Si](C)(C)OC[C@H]1O[C@@H](n2cnc3c(N)nc(F)nc32)CC1O[Si](C)(C)C(C)(C)C. The van der Waals surface area contributed by atoms with E-state index in [-0.39, 0.29) is 28.1 Å². The molecule has 33 heavy (non-hydrogen) atoms. The first-order valence-electron chi connectivity index (χ1n) is 11.6. The molecule has 1 saturated heterocycles. The van der Waals surface area contributed by atoms with Crippen LogP contribution in [0.25, 0.3) is 11.2 Å². The Hall–Kier alpha value is -1.41. The van der Waals surface area contributed by atoms with E-state index < -0.39 is 28.9 Å². The van der Waals surface area contributed by atoms with E-state index in [1.807, 2.05) is 0 Å². The third kappa shape index (κ3) is 5.32. The van der Waals surface area contributed by atoms with Gasteiger partial charge in [-0.2, -0.15) is 14.4 Å². The Morgan fingerprint density at radius 3 is 2.27 bits per heavy atom. The molecule has 3 rings (SSSR count). The highest BCUT2D eigenvalue weighted by molar-refractivity contribution is 6.74. The standard InChI is InChI=1S/C22H40FN5O3Si2/c1-21(2,3)32(7,8)29-12-15-14(31-33(9,10)22(4,5)6)11-16(30-15)28-13-25-17-18(24)26-20(23)27-19(17)28/h13-16H,11-12H2,1-10H3,(H2,24,26,27)/t14?,15-,16-/m1/s1. The first kappa shape index (κ1) is 26.2. The summed E-state index contributed by atoms with van der Waals surface area (Å²) in [6, 6.07) is 0. The van der Waals surface area contributed by atoms with Gasteiger partial charge in [0, 0.05) is 6.42 Å². The number of aromatic nitrogens is 4. The lowest BCUT2D eigenvalue weighted by molar-refractivity contribution is -0.0384. The van der Waals surface area contributed by atoms with Crippen molar-refractivity contribution in [3.05, 3.63) is 12.4 Å². The quantitative estimate of drug-likeness (QED) is 0.430. The molecule has 0 aromatic carbocycles. The molecule has 2 aromatic heterocycles. The van der Waals surface area contributed by atoms with Crippen LogP contribution in [0.5, 0.6) is 0 Å². The summed E-state index contributed by atoms with van der Waals surface area (Å²) in [5.41, 5.74) is 6.53. The average Bonchev–Trinajstić information content (AvgIpc) is 3.21. The van der Waals surface area contributed by atoms with Crippen molar-refractivity contribution in [3.63, 3.8) is 0 Å². The van der Waals surface area contributed by atoms with E-state index in [0.717, 1.165) is 0 Å². The third-order valence-electron chi connectivity index (χ3n) is 7.58. The van der Waals surface area contributed by atoms with Gasteiger partial charge in [-0.15, -0.1) is 0 Å². The van der Waals surface area contributed by atoms with Crippen molar-refractivity contribution in [3.8, 4) is 0 Å². The molecule has 3 heterocycles. The largest absolute Gasteiger partial charge is 0.414 e. The molecule has 0 bridgehead atoms. The number of fused-ring (bicyclic) bond motifs is 1. The second-order valence-electron chi connectivity index (χ2n) is 12.1. The number of hydrogen-bond acceptors (Lipinski definition) is 7. The second-order valence-corrected chi connectivity index (χ2v) is 21.6. The maximum atomic E-state index is 13.9. The smallest absolute Gasteiger partial charge is 0.312 e. The minimum absolute atomic E-state index is 0.0149. The molecule has 0 amide bonds. The molecule has 0 radical (unpaired) electrons. The van der Waals surface area contributed by atoms with E-state index in [1.54, 1.807) is 10.9 Å². The molecule has 1 aliphatic heterocycles. The molecule has 3 atom stereocenters. The molecule has 0 saturated carbocycles. The van der Waals surface area contributed by atoms with Crippen molar-refractivity contribution in [2.45, 2.75) is 103 Å². The Morgan fingerprint density at radius 2 is 1.70 bits per heavy atom. The number of halogens is 1. The van der Waals surface area contributed by atoms with Crippen molar-refractivity contribution >= 4 is 33.6 Å². The van der Waals surface area contributed by atoms with Gasteiger partial charge in [0.15, 0.2) is 33.6 Å². The highest BCUT2D eigenvalue weighted by atomic mass is 28.4. The Morgan fingerprint density at radius 1 is 1.09 bits per heavy atom. The van der Waals surface area contributed by atoms with Gasteiger partial charge >= 0.3 is 6.08 Å². The first-order chi connectivity index (χ1) is 14.9. The summed E-state index contributed by atoms with van der Waals surface area (Å²) >= 11 is 0. The summed E-state index contributed by atoms with van der Waals surface area (Å²) in [5, 5.41) is 0.149. The summed E-state index contributed by atoms with van der Waals surface area (Å²) < 4.78 is 35.4. The van der Waals surface area contributed by atoms with E-state index >= 15 is 0 Å². The number of imidazole rings is 1. The Bertz CT molecular complexity index is 1000. The molecule has 8 nitrogen and oxygen atoms in total. The van der Waals surface area contributed by atoms with Crippen LogP contribution in [0.2, 0.25) is 36.3 Å².